The Morgan fingerprint density at radius 2 is 2.29 bits per heavy atom. The summed E-state index contributed by atoms with van der Waals surface area (Å²) in [6.45, 7) is 0.0531. The largest absolute Gasteiger partial charge is 0.480 e. The van der Waals surface area contributed by atoms with Gasteiger partial charge in [-0.25, -0.2) is 4.72 Å². The van der Waals surface area contributed by atoms with Crippen LogP contribution in [0.25, 0.3) is 0 Å². The Kier molecular flexibility index (Phi) is 3.37. The molecule has 0 radical (unpaired) electrons. The van der Waals surface area contributed by atoms with Gasteiger partial charge in [-0.1, -0.05) is 0 Å². The van der Waals surface area contributed by atoms with Gasteiger partial charge in [0.15, 0.2) is 0 Å². The molecule has 0 aromatic carbocycles. The van der Waals surface area contributed by atoms with Gasteiger partial charge in [-0.3, -0.25) is 4.79 Å². The Balaban J connectivity index is 2.06. The van der Waals surface area contributed by atoms with Crippen LogP contribution in [0.3, 0.4) is 0 Å². The molecule has 0 aliphatic carbocycles. The highest BCUT2D eigenvalue weighted by Gasteiger charge is 2.40. The summed E-state index contributed by atoms with van der Waals surface area (Å²) in [5, 5.41) is 8.90. The highest BCUT2D eigenvalue weighted by molar-refractivity contribution is 8.01. The SMILES string of the molecule is O=C(O)C1NSC2=C1CC(CC(F)(F)F)OC2. The van der Waals surface area contributed by atoms with Gasteiger partial charge in [0.25, 0.3) is 0 Å². The molecule has 2 aliphatic rings. The minimum absolute atomic E-state index is 0.0197. The third-order valence-electron chi connectivity index (χ3n) is 2.61. The maximum Gasteiger partial charge on any atom is 0.391 e. The lowest BCUT2D eigenvalue weighted by molar-refractivity contribution is -0.160. The van der Waals surface area contributed by atoms with Gasteiger partial charge in [-0.15, -0.1) is 0 Å². The van der Waals surface area contributed by atoms with E-state index in [2.05, 4.69) is 4.72 Å². The van der Waals surface area contributed by atoms with Crippen molar-refractivity contribution in [3.8, 4) is 0 Å². The van der Waals surface area contributed by atoms with Crippen LogP contribution in [0.1, 0.15) is 12.8 Å². The molecule has 0 aromatic heterocycles. The molecular formula is C9H10F3NO3S. The Hall–Kier alpha value is -0.730. The van der Waals surface area contributed by atoms with Crippen LogP contribution in [-0.2, 0) is 9.53 Å². The topological polar surface area (TPSA) is 58.6 Å². The molecule has 8 heteroatoms. The molecule has 2 heterocycles. The standard InChI is InChI=1S/C9H10F3NO3S/c10-9(11,12)2-4-1-5-6(3-16-4)17-13-7(5)8(14)15/h4,7,13H,1-3H2,(H,14,15). The zero-order chi connectivity index (χ0) is 12.6. The van der Waals surface area contributed by atoms with Gasteiger partial charge >= 0.3 is 12.1 Å². The monoisotopic (exact) mass is 269 g/mol. The number of alkyl halides is 3. The molecule has 0 saturated carbocycles. The lowest BCUT2D eigenvalue weighted by Crippen LogP contribution is -2.34. The second kappa shape index (κ2) is 4.51. The molecule has 0 spiro atoms. The summed E-state index contributed by atoms with van der Waals surface area (Å²) < 4.78 is 44.3. The van der Waals surface area contributed by atoms with Crippen LogP contribution < -0.4 is 4.72 Å². The minimum Gasteiger partial charge on any atom is -0.480 e. The zero-order valence-corrected chi connectivity index (χ0v) is 9.40. The smallest absolute Gasteiger partial charge is 0.391 e. The summed E-state index contributed by atoms with van der Waals surface area (Å²) in [4.78, 5) is 11.6. The number of carboxylic acid groups (broad SMARTS) is 1. The summed E-state index contributed by atoms with van der Waals surface area (Å²) in [5.74, 6) is -1.07. The molecule has 2 N–H and O–H groups in total. The van der Waals surface area contributed by atoms with E-state index in [1.165, 1.54) is 0 Å². The van der Waals surface area contributed by atoms with Gasteiger partial charge in [0.1, 0.15) is 6.04 Å². The van der Waals surface area contributed by atoms with Crippen LogP contribution in [0.15, 0.2) is 10.5 Å². The Labute approximate surface area is 99.3 Å². The van der Waals surface area contributed by atoms with Crippen molar-refractivity contribution in [3.05, 3.63) is 10.5 Å². The van der Waals surface area contributed by atoms with Crippen LogP contribution in [0.5, 0.6) is 0 Å². The van der Waals surface area contributed by atoms with Crippen molar-refractivity contribution in [2.24, 2.45) is 0 Å². The molecule has 4 nitrogen and oxygen atoms in total. The molecule has 2 rings (SSSR count). The highest BCUT2D eigenvalue weighted by atomic mass is 32.2. The Morgan fingerprint density at radius 3 is 2.88 bits per heavy atom. The predicted octanol–water partition coefficient (Wildman–Crippen LogP) is 1.69. The highest BCUT2D eigenvalue weighted by Crippen LogP contribution is 2.38. The number of halogens is 3. The fourth-order valence-electron chi connectivity index (χ4n) is 1.87. The molecule has 0 aromatic rings. The van der Waals surface area contributed by atoms with Crippen molar-refractivity contribution in [1.82, 2.24) is 4.72 Å². The van der Waals surface area contributed by atoms with Crippen LogP contribution in [-0.4, -0.2) is 36.0 Å². The summed E-state index contributed by atoms with van der Waals surface area (Å²) in [7, 11) is 0. The Morgan fingerprint density at radius 1 is 1.59 bits per heavy atom. The van der Waals surface area contributed by atoms with E-state index in [9.17, 15) is 18.0 Å². The second-order valence-corrected chi connectivity index (χ2v) is 4.83. The molecule has 0 saturated heterocycles. The van der Waals surface area contributed by atoms with E-state index in [4.69, 9.17) is 9.84 Å². The fourth-order valence-corrected chi connectivity index (χ4v) is 2.83. The Bertz CT molecular complexity index is 369. The van der Waals surface area contributed by atoms with E-state index in [0.29, 0.717) is 10.5 Å². The third kappa shape index (κ3) is 2.93. The molecule has 0 amide bonds. The summed E-state index contributed by atoms with van der Waals surface area (Å²) in [5.41, 5.74) is 0.517. The predicted molar refractivity (Wildman–Crippen MR) is 54.2 cm³/mol. The molecule has 0 fully saturated rings. The summed E-state index contributed by atoms with van der Waals surface area (Å²) >= 11 is 1.13. The number of carboxylic acids is 1. The number of nitrogens with one attached hydrogen (secondary N) is 1. The number of hydrogen-bond donors (Lipinski definition) is 2. The number of hydrogen-bond acceptors (Lipinski definition) is 4. The first-order chi connectivity index (χ1) is 7.87. The summed E-state index contributed by atoms with van der Waals surface area (Å²) in [6, 6.07) is -0.894. The fraction of sp³-hybridized carbons (Fsp3) is 0.667. The van der Waals surface area contributed by atoms with Crippen LogP contribution >= 0.6 is 11.9 Å². The van der Waals surface area contributed by atoms with Gasteiger partial charge < -0.3 is 9.84 Å². The molecule has 0 bridgehead atoms. The van der Waals surface area contributed by atoms with E-state index >= 15 is 0 Å². The maximum atomic E-state index is 12.2. The van der Waals surface area contributed by atoms with E-state index < -0.39 is 30.7 Å². The first-order valence-corrected chi connectivity index (χ1v) is 5.74. The van der Waals surface area contributed by atoms with Crippen molar-refractivity contribution < 1.29 is 27.8 Å². The van der Waals surface area contributed by atoms with Gasteiger partial charge in [0, 0.05) is 4.91 Å². The number of carbonyl (C=O) groups is 1. The maximum absolute atomic E-state index is 12.2. The first kappa shape index (κ1) is 12.7. The quantitative estimate of drug-likeness (QED) is 0.747. The first-order valence-electron chi connectivity index (χ1n) is 4.92. The van der Waals surface area contributed by atoms with Crippen molar-refractivity contribution in [2.75, 3.05) is 6.61 Å². The average molecular weight is 269 g/mol. The molecule has 96 valence electrons. The van der Waals surface area contributed by atoms with Crippen LogP contribution in [0, 0.1) is 0 Å². The lowest BCUT2D eigenvalue weighted by atomic mass is 9.97. The van der Waals surface area contributed by atoms with Gasteiger partial charge in [-0.05, 0) is 23.9 Å². The van der Waals surface area contributed by atoms with Crippen LogP contribution in [0.2, 0.25) is 0 Å². The molecular weight excluding hydrogens is 259 g/mol. The van der Waals surface area contributed by atoms with Crippen molar-refractivity contribution in [3.63, 3.8) is 0 Å². The number of ether oxygens (including phenoxy) is 1. The van der Waals surface area contributed by atoms with Gasteiger partial charge in [0.05, 0.1) is 19.1 Å². The minimum atomic E-state index is -4.29. The lowest BCUT2D eigenvalue weighted by Gasteiger charge is -2.25. The summed E-state index contributed by atoms with van der Waals surface area (Å²) in [6.07, 6.45) is -6.29. The molecule has 2 unspecified atom stereocenters. The van der Waals surface area contributed by atoms with E-state index in [0.717, 1.165) is 11.9 Å². The van der Waals surface area contributed by atoms with Crippen molar-refractivity contribution in [1.29, 1.82) is 0 Å². The zero-order valence-electron chi connectivity index (χ0n) is 8.58. The number of aliphatic carboxylic acids is 1. The van der Waals surface area contributed by atoms with E-state index in [-0.39, 0.29) is 13.0 Å². The van der Waals surface area contributed by atoms with E-state index in [1.54, 1.807) is 0 Å². The van der Waals surface area contributed by atoms with Gasteiger partial charge in [-0.2, -0.15) is 13.2 Å². The van der Waals surface area contributed by atoms with Crippen LogP contribution in [0.4, 0.5) is 13.2 Å². The van der Waals surface area contributed by atoms with E-state index in [1.807, 2.05) is 0 Å². The normalized spacial score (nSPS) is 29.4. The molecule has 2 aliphatic heterocycles. The third-order valence-corrected chi connectivity index (χ3v) is 3.59. The van der Waals surface area contributed by atoms with Crippen molar-refractivity contribution in [2.45, 2.75) is 31.2 Å². The molecule has 17 heavy (non-hydrogen) atoms. The van der Waals surface area contributed by atoms with Gasteiger partial charge in [0.2, 0.25) is 0 Å². The van der Waals surface area contributed by atoms with Crippen molar-refractivity contribution >= 4 is 17.9 Å². The second-order valence-electron chi connectivity index (χ2n) is 3.90. The molecule has 2 atom stereocenters. The number of rotatable bonds is 2. The average Bonchev–Trinajstić information content (AvgIpc) is 2.57.